The van der Waals surface area contributed by atoms with Gasteiger partial charge in [0.05, 0.1) is 24.6 Å². The molecule has 0 aliphatic rings. The molecule has 0 atom stereocenters. The van der Waals surface area contributed by atoms with Crippen LogP contribution in [0.25, 0.3) is 5.69 Å². The maximum atomic E-state index is 13.7. The van der Waals surface area contributed by atoms with Crippen molar-refractivity contribution in [3.05, 3.63) is 77.9 Å². The third-order valence-electron chi connectivity index (χ3n) is 4.22. The number of carbonyl (C=O) groups is 2. The number of benzene rings is 2. The van der Waals surface area contributed by atoms with E-state index in [1.54, 1.807) is 17.9 Å². The summed E-state index contributed by atoms with van der Waals surface area (Å²) < 4.78 is 25.2. The third-order valence-corrected chi connectivity index (χ3v) is 4.22. The lowest BCUT2D eigenvalue weighted by Crippen LogP contribution is -2.30. The van der Waals surface area contributed by atoms with Crippen molar-refractivity contribution in [2.24, 2.45) is 0 Å². The number of hydrogen-bond donors (Lipinski definition) is 0. The van der Waals surface area contributed by atoms with Crippen LogP contribution in [0.15, 0.2) is 60.9 Å². The lowest BCUT2D eigenvalue weighted by molar-refractivity contribution is -0.133. The number of amides is 1. The topological polar surface area (TPSA) is 73.7 Å². The van der Waals surface area contributed by atoms with E-state index in [-0.39, 0.29) is 17.2 Å². The van der Waals surface area contributed by atoms with Crippen molar-refractivity contribution in [1.29, 1.82) is 0 Å². The minimum absolute atomic E-state index is 0.00268. The van der Waals surface area contributed by atoms with Gasteiger partial charge in [0.2, 0.25) is 0 Å². The van der Waals surface area contributed by atoms with E-state index in [0.29, 0.717) is 6.54 Å². The summed E-state index contributed by atoms with van der Waals surface area (Å²) >= 11 is 0. The molecular formula is C21H20FN3O4. The number of nitrogens with zero attached hydrogens (tertiary/aromatic N) is 3. The van der Waals surface area contributed by atoms with Gasteiger partial charge in [0, 0.05) is 25.4 Å². The number of esters is 1. The van der Waals surface area contributed by atoms with Gasteiger partial charge < -0.3 is 14.4 Å². The van der Waals surface area contributed by atoms with E-state index in [2.05, 4.69) is 5.10 Å². The smallest absolute Gasteiger partial charge is 0.338 e. The summed E-state index contributed by atoms with van der Waals surface area (Å²) in [6.45, 7) is -0.143. The first-order valence-electron chi connectivity index (χ1n) is 8.81. The Balaban J connectivity index is 1.54. The van der Waals surface area contributed by atoms with Gasteiger partial charge in [0.1, 0.15) is 0 Å². The molecule has 7 nitrogen and oxygen atoms in total. The highest BCUT2D eigenvalue weighted by atomic mass is 19.1. The van der Waals surface area contributed by atoms with Crippen LogP contribution in [0.5, 0.6) is 5.75 Å². The quantitative estimate of drug-likeness (QED) is 0.573. The van der Waals surface area contributed by atoms with Crippen molar-refractivity contribution < 1.29 is 23.5 Å². The largest absolute Gasteiger partial charge is 0.494 e. The van der Waals surface area contributed by atoms with Crippen LogP contribution in [0.4, 0.5) is 4.39 Å². The number of hydrogen-bond acceptors (Lipinski definition) is 5. The minimum Gasteiger partial charge on any atom is -0.494 e. The van der Waals surface area contributed by atoms with Crippen LogP contribution in [0, 0.1) is 5.82 Å². The van der Waals surface area contributed by atoms with E-state index in [9.17, 15) is 14.0 Å². The van der Waals surface area contributed by atoms with E-state index in [1.165, 1.54) is 24.1 Å². The van der Waals surface area contributed by atoms with Gasteiger partial charge in [-0.1, -0.05) is 18.2 Å². The third kappa shape index (κ3) is 4.98. The Hall–Kier alpha value is -3.68. The molecule has 0 N–H and O–H groups in total. The second kappa shape index (κ2) is 9.01. The molecule has 0 spiro atoms. The second-order valence-corrected chi connectivity index (χ2v) is 6.30. The molecule has 2 aromatic carbocycles. The van der Waals surface area contributed by atoms with Gasteiger partial charge in [0.15, 0.2) is 18.2 Å². The zero-order valence-electron chi connectivity index (χ0n) is 16.0. The molecule has 0 aliphatic carbocycles. The summed E-state index contributed by atoms with van der Waals surface area (Å²) in [5.74, 6) is -1.83. The number of para-hydroxylation sites is 1. The first-order valence-corrected chi connectivity index (χ1v) is 8.81. The first kappa shape index (κ1) is 20.1. The molecule has 0 fully saturated rings. The van der Waals surface area contributed by atoms with Crippen LogP contribution in [0.1, 0.15) is 15.9 Å². The molecule has 150 valence electrons. The molecule has 8 heteroatoms. The molecule has 1 heterocycles. The predicted octanol–water partition coefficient (Wildman–Crippen LogP) is 2.84. The summed E-state index contributed by atoms with van der Waals surface area (Å²) in [6.07, 6.45) is 3.49. The molecule has 3 aromatic rings. The molecule has 0 saturated heterocycles. The predicted molar refractivity (Wildman–Crippen MR) is 103 cm³/mol. The van der Waals surface area contributed by atoms with Crippen molar-refractivity contribution in [1.82, 2.24) is 14.7 Å². The number of aromatic nitrogens is 2. The van der Waals surface area contributed by atoms with Gasteiger partial charge in [-0.25, -0.2) is 13.9 Å². The fourth-order valence-electron chi connectivity index (χ4n) is 2.64. The Bertz CT molecular complexity index is 1000. The van der Waals surface area contributed by atoms with Gasteiger partial charge >= 0.3 is 5.97 Å². The number of likely N-dealkylation sites (N-methyl/N-ethyl adjacent to an activating group) is 1. The number of methoxy groups -OCH3 is 1. The summed E-state index contributed by atoms with van der Waals surface area (Å²) in [5.41, 5.74) is 1.74. The van der Waals surface area contributed by atoms with E-state index in [1.807, 2.05) is 36.5 Å². The van der Waals surface area contributed by atoms with Crippen LogP contribution >= 0.6 is 0 Å². The molecular weight excluding hydrogens is 377 g/mol. The SMILES string of the molecule is COc1ccc(C(=O)OCC(=O)N(C)Cc2cnn(-c3ccccc3)c2)cc1F. The average Bonchev–Trinajstić information content (AvgIpc) is 3.20. The number of ether oxygens (including phenoxy) is 2. The summed E-state index contributed by atoms with van der Waals surface area (Å²) in [7, 11) is 2.93. The van der Waals surface area contributed by atoms with Crippen LogP contribution < -0.4 is 4.74 Å². The molecule has 1 amide bonds. The van der Waals surface area contributed by atoms with Gasteiger partial charge in [-0.05, 0) is 30.3 Å². The molecule has 1 aromatic heterocycles. The van der Waals surface area contributed by atoms with E-state index in [0.717, 1.165) is 17.3 Å². The van der Waals surface area contributed by atoms with Gasteiger partial charge in [-0.2, -0.15) is 5.10 Å². The Morgan fingerprint density at radius 3 is 2.62 bits per heavy atom. The molecule has 0 bridgehead atoms. The average molecular weight is 397 g/mol. The molecule has 3 rings (SSSR count). The maximum Gasteiger partial charge on any atom is 0.338 e. The normalized spacial score (nSPS) is 10.4. The molecule has 0 aliphatic heterocycles. The minimum atomic E-state index is -0.787. The van der Waals surface area contributed by atoms with Crippen LogP contribution in [0.2, 0.25) is 0 Å². The van der Waals surface area contributed by atoms with Crippen molar-refractivity contribution >= 4 is 11.9 Å². The second-order valence-electron chi connectivity index (χ2n) is 6.30. The molecule has 0 radical (unpaired) electrons. The number of carbonyl (C=O) groups excluding carboxylic acids is 2. The van der Waals surface area contributed by atoms with E-state index < -0.39 is 18.4 Å². The van der Waals surface area contributed by atoms with Crippen molar-refractivity contribution in [2.75, 3.05) is 20.8 Å². The van der Waals surface area contributed by atoms with Crippen molar-refractivity contribution in [2.45, 2.75) is 6.54 Å². The summed E-state index contributed by atoms with van der Waals surface area (Å²) in [5, 5.41) is 4.28. The molecule has 0 saturated carbocycles. The fourth-order valence-corrected chi connectivity index (χ4v) is 2.64. The maximum absolute atomic E-state index is 13.7. The lowest BCUT2D eigenvalue weighted by atomic mass is 10.2. The Morgan fingerprint density at radius 1 is 1.17 bits per heavy atom. The number of halogens is 1. The van der Waals surface area contributed by atoms with Crippen LogP contribution in [0.3, 0.4) is 0 Å². The summed E-state index contributed by atoms with van der Waals surface area (Å²) in [4.78, 5) is 25.7. The van der Waals surface area contributed by atoms with E-state index >= 15 is 0 Å². The van der Waals surface area contributed by atoms with Crippen molar-refractivity contribution in [3.63, 3.8) is 0 Å². The lowest BCUT2D eigenvalue weighted by Gasteiger charge is -2.16. The van der Waals surface area contributed by atoms with Crippen LogP contribution in [-0.2, 0) is 16.1 Å². The Kier molecular flexibility index (Phi) is 6.23. The first-order chi connectivity index (χ1) is 14.0. The van der Waals surface area contributed by atoms with Crippen molar-refractivity contribution in [3.8, 4) is 11.4 Å². The fraction of sp³-hybridized carbons (Fsp3) is 0.190. The molecule has 29 heavy (non-hydrogen) atoms. The molecule has 0 unspecified atom stereocenters. The van der Waals surface area contributed by atoms with Gasteiger partial charge in [-0.3, -0.25) is 4.79 Å². The van der Waals surface area contributed by atoms with Gasteiger partial charge in [-0.15, -0.1) is 0 Å². The summed E-state index contributed by atoms with van der Waals surface area (Å²) in [6, 6.07) is 13.3. The monoisotopic (exact) mass is 397 g/mol. The van der Waals surface area contributed by atoms with E-state index in [4.69, 9.17) is 9.47 Å². The highest BCUT2D eigenvalue weighted by molar-refractivity contribution is 5.91. The standard InChI is InChI=1S/C21H20FN3O4/c1-24(12-15-11-23-25(13-15)17-6-4-3-5-7-17)20(26)14-29-21(27)16-8-9-19(28-2)18(22)10-16/h3-11,13H,12,14H2,1-2H3. The highest BCUT2D eigenvalue weighted by Crippen LogP contribution is 2.18. The zero-order chi connectivity index (χ0) is 20.8. The van der Waals surface area contributed by atoms with Crippen LogP contribution in [-0.4, -0.2) is 47.3 Å². The zero-order valence-corrected chi connectivity index (χ0v) is 16.0. The van der Waals surface area contributed by atoms with Gasteiger partial charge in [0.25, 0.3) is 5.91 Å². The number of rotatable bonds is 7. The highest BCUT2D eigenvalue weighted by Gasteiger charge is 2.16. The Labute approximate surface area is 167 Å². The Morgan fingerprint density at radius 2 is 1.93 bits per heavy atom.